The molecular formula is C12H17BrClNO. The summed E-state index contributed by atoms with van der Waals surface area (Å²) in [5, 5.41) is 13.7. The molecule has 0 heterocycles. The van der Waals surface area contributed by atoms with E-state index in [0.29, 0.717) is 11.6 Å². The fourth-order valence-electron chi connectivity index (χ4n) is 1.25. The van der Waals surface area contributed by atoms with Crippen LogP contribution in [0.25, 0.3) is 0 Å². The van der Waals surface area contributed by atoms with Gasteiger partial charge in [0.15, 0.2) is 0 Å². The Balaban J connectivity index is 2.46. The molecule has 0 saturated heterocycles. The van der Waals surface area contributed by atoms with Gasteiger partial charge in [0.05, 0.1) is 10.6 Å². The Labute approximate surface area is 110 Å². The lowest BCUT2D eigenvalue weighted by Crippen LogP contribution is -2.36. The first-order valence-corrected chi connectivity index (χ1v) is 6.49. The Morgan fingerprint density at radius 3 is 2.75 bits per heavy atom. The quantitative estimate of drug-likeness (QED) is 0.874. The van der Waals surface area contributed by atoms with Crippen molar-refractivity contribution in [3.8, 4) is 0 Å². The molecule has 0 aromatic heterocycles. The third-order valence-corrected chi connectivity index (χ3v) is 3.79. The summed E-state index contributed by atoms with van der Waals surface area (Å²) >= 11 is 9.28. The zero-order chi connectivity index (χ0) is 12.2. The highest BCUT2D eigenvalue weighted by Crippen LogP contribution is 2.23. The van der Waals surface area contributed by atoms with Gasteiger partial charge in [-0.25, -0.2) is 0 Å². The van der Waals surface area contributed by atoms with Crippen LogP contribution in [0.1, 0.15) is 25.8 Å². The van der Waals surface area contributed by atoms with Gasteiger partial charge in [-0.05, 0) is 47.0 Å². The molecule has 1 aromatic carbocycles. The van der Waals surface area contributed by atoms with Gasteiger partial charge < -0.3 is 10.4 Å². The van der Waals surface area contributed by atoms with Crippen LogP contribution < -0.4 is 5.32 Å². The lowest BCUT2D eigenvalue weighted by atomic mass is 10.0. The molecule has 0 saturated carbocycles. The van der Waals surface area contributed by atoms with Crippen LogP contribution >= 0.6 is 27.5 Å². The van der Waals surface area contributed by atoms with Gasteiger partial charge in [0, 0.05) is 17.6 Å². The van der Waals surface area contributed by atoms with Crippen LogP contribution in [0.3, 0.4) is 0 Å². The van der Waals surface area contributed by atoms with Crippen molar-refractivity contribution in [1.29, 1.82) is 0 Å². The molecule has 16 heavy (non-hydrogen) atoms. The molecule has 0 spiro atoms. The van der Waals surface area contributed by atoms with Gasteiger partial charge in [-0.1, -0.05) is 24.6 Å². The fraction of sp³-hybridized carbons (Fsp3) is 0.500. The summed E-state index contributed by atoms with van der Waals surface area (Å²) in [4.78, 5) is 0. The summed E-state index contributed by atoms with van der Waals surface area (Å²) in [7, 11) is 0. The van der Waals surface area contributed by atoms with E-state index in [0.717, 1.165) is 23.0 Å². The minimum absolute atomic E-state index is 0.587. The van der Waals surface area contributed by atoms with Gasteiger partial charge >= 0.3 is 0 Å². The highest BCUT2D eigenvalue weighted by atomic mass is 79.9. The largest absolute Gasteiger partial charge is 0.389 e. The second kappa shape index (κ2) is 6.01. The number of hydrogen-bond donors (Lipinski definition) is 2. The van der Waals surface area contributed by atoms with Crippen molar-refractivity contribution in [1.82, 2.24) is 5.32 Å². The molecule has 4 heteroatoms. The first-order valence-electron chi connectivity index (χ1n) is 5.31. The van der Waals surface area contributed by atoms with Gasteiger partial charge in [0.1, 0.15) is 0 Å². The van der Waals surface area contributed by atoms with E-state index in [4.69, 9.17) is 11.6 Å². The zero-order valence-electron chi connectivity index (χ0n) is 9.56. The van der Waals surface area contributed by atoms with Crippen LogP contribution in [0.4, 0.5) is 0 Å². The highest BCUT2D eigenvalue weighted by Gasteiger charge is 2.16. The zero-order valence-corrected chi connectivity index (χ0v) is 11.9. The van der Waals surface area contributed by atoms with Crippen LogP contribution in [0.15, 0.2) is 22.7 Å². The SMILES string of the molecule is CCC(C)(O)CNCc1ccc(Cl)c(Br)c1. The molecule has 1 aromatic rings. The van der Waals surface area contributed by atoms with E-state index in [-0.39, 0.29) is 0 Å². The molecule has 2 nitrogen and oxygen atoms in total. The van der Waals surface area contributed by atoms with Gasteiger partial charge in [0.2, 0.25) is 0 Å². The predicted octanol–water partition coefficient (Wildman–Crippen LogP) is 3.35. The molecule has 0 fully saturated rings. The van der Waals surface area contributed by atoms with E-state index < -0.39 is 5.60 Å². The molecule has 0 aliphatic rings. The third-order valence-electron chi connectivity index (χ3n) is 2.58. The van der Waals surface area contributed by atoms with Crippen molar-refractivity contribution in [3.63, 3.8) is 0 Å². The average Bonchev–Trinajstić information content (AvgIpc) is 2.23. The Bertz CT molecular complexity index is 355. The van der Waals surface area contributed by atoms with E-state index in [2.05, 4.69) is 21.2 Å². The van der Waals surface area contributed by atoms with Gasteiger partial charge in [-0.3, -0.25) is 0 Å². The van der Waals surface area contributed by atoms with Crippen LogP contribution in [0.5, 0.6) is 0 Å². The maximum absolute atomic E-state index is 9.81. The Hall–Kier alpha value is -0.0900. The lowest BCUT2D eigenvalue weighted by molar-refractivity contribution is 0.0555. The molecule has 90 valence electrons. The maximum atomic E-state index is 9.81. The smallest absolute Gasteiger partial charge is 0.0741 e. The normalized spacial score (nSPS) is 14.8. The maximum Gasteiger partial charge on any atom is 0.0741 e. The number of rotatable bonds is 5. The van der Waals surface area contributed by atoms with Crippen molar-refractivity contribution in [2.75, 3.05) is 6.54 Å². The molecule has 1 atom stereocenters. The van der Waals surface area contributed by atoms with Crippen LogP contribution in [-0.2, 0) is 6.54 Å². The van der Waals surface area contributed by atoms with E-state index >= 15 is 0 Å². The first-order chi connectivity index (χ1) is 7.44. The highest BCUT2D eigenvalue weighted by molar-refractivity contribution is 9.10. The number of hydrogen-bond acceptors (Lipinski definition) is 2. The number of halogens is 2. The minimum Gasteiger partial charge on any atom is -0.389 e. The van der Waals surface area contributed by atoms with E-state index in [9.17, 15) is 5.11 Å². The number of aliphatic hydroxyl groups is 1. The average molecular weight is 307 g/mol. The van der Waals surface area contributed by atoms with E-state index in [1.54, 1.807) is 0 Å². The van der Waals surface area contributed by atoms with E-state index in [1.165, 1.54) is 0 Å². The van der Waals surface area contributed by atoms with Crippen molar-refractivity contribution in [3.05, 3.63) is 33.3 Å². The third kappa shape index (κ3) is 4.42. The van der Waals surface area contributed by atoms with Gasteiger partial charge in [-0.15, -0.1) is 0 Å². The molecule has 0 radical (unpaired) electrons. The fourth-order valence-corrected chi connectivity index (χ4v) is 1.79. The topological polar surface area (TPSA) is 32.3 Å². The monoisotopic (exact) mass is 305 g/mol. The van der Waals surface area contributed by atoms with Crippen LogP contribution in [-0.4, -0.2) is 17.3 Å². The number of nitrogens with one attached hydrogen (secondary N) is 1. The van der Waals surface area contributed by atoms with Crippen molar-refractivity contribution in [2.45, 2.75) is 32.4 Å². The molecule has 1 unspecified atom stereocenters. The molecular weight excluding hydrogens is 289 g/mol. The van der Waals surface area contributed by atoms with Crippen molar-refractivity contribution in [2.24, 2.45) is 0 Å². The molecule has 0 bridgehead atoms. The standard InChI is InChI=1S/C12H17BrClNO/c1-3-12(2,16)8-15-7-9-4-5-11(14)10(13)6-9/h4-6,15-16H,3,7-8H2,1-2H3. The summed E-state index contributed by atoms with van der Waals surface area (Å²) in [6.45, 7) is 5.12. The second-order valence-electron chi connectivity index (χ2n) is 4.20. The molecule has 2 N–H and O–H groups in total. The summed E-state index contributed by atoms with van der Waals surface area (Å²) in [5.74, 6) is 0. The summed E-state index contributed by atoms with van der Waals surface area (Å²) < 4.78 is 0.899. The summed E-state index contributed by atoms with van der Waals surface area (Å²) in [6, 6.07) is 5.82. The van der Waals surface area contributed by atoms with Gasteiger partial charge in [-0.2, -0.15) is 0 Å². The molecule has 0 amide bonds. The minimum atomic E-state index is -0.635. The Morgan fingerprint density at radius 2 is 2.19 bits per heavy atom. The molecule has 1 rings (SSSR count). The lowest BCUT2D eigenvalue weighted by Gasteiger charge is -2.21. The van der Waals surface area contributed by atoms with Gasteiger partial charge in [0.25, 0.3) is 0 Å². The predicted molar refractivity (Wildman–Crippen MR) is 71.8 cm³/mol. The van der Waals surface area contributed by atoms with Crippen LogP contribution in [0.2, 0.25) is 5.02 Å². The molecule has 0 aliphatic carbocycles. The second-order valence-corrected chi connectivity index (χ2v) is 5.46. The Kier molecular flexibility index (Phi) is 5.25. The number of benzene rings is 1. The van der Waals surface area contributed by atoms with E-state index in [1.807, 2.05) is 32.0 Å². The van der Waals surface area contributed by atoms with Crippen LogP contribution in [0, 0.1) is 0 Å². The summed E-state index contributed by atoms with van der Waals surface area (Å²) in [5.41, 5.74) is 0.507. The van der Waals surface area contributed by atoms with Crippen molar-refractivity contribution < 1.29 is 5.11 Å². The Morgan fingerprint density at radius 1 is 1.50 bits per heavy atom. The first kappa shape index (κ1) is 14.0. The molecule has 0 aliphatic heterocycles. The summed E-state index contributed by atoms with van der Waals surface area (Å²) in [6.07, 6.45) is 0.740. The van der Waals surface area contributed by atoms with Crippen molar-refractivity contribution >= 4 is 27.5 Å².